The third-order valence-electron chi connectivity index (χ3n) is 7.33. The zero-order valence-corrected chi connectivity index (χ0v) is 17.2. The number of rotatable bonds is 1. The van der Waals surface area contributed by atoms with Crippen molar-refractivity contribution in [3.8, 4) is 0 Å². The molecule has 2 aliphatic heterocycles. The molecule has 0 amide bonds. The smallest absolute Gasteiger partial charge is 0.302 e. The molecule has 8 atom stereocenters. The minimum Gasteiger partial charge on any atom is -0.462 e. The Bertz CT molecular complexity index is 561. The van der Waals surface area contributed by atoms with E-state index in [-0.39, 0.29) is 49.9 Å². The molecule has 1 spiro atoms. The Balaban J connectivity index is 1.80. The first-order valence-electron chi connectivity index (χ1n) is 8.38. The van der Waals surface area contributed by atoms with E-state index in [1.54, 1.807) is 0 Å². The predicted octanol–water partition coefficient (Wildman–Crippen LogP) is 3.58. The van der Waals surface area contributed by atoms with E-state index in [4.69, 9.17) is 14.2 Å². The Kier molecular flexibility index (Phi) is 3.46. The van der Waals surface area contributed by atoms with E-state index >= 15 is 0 Å². The Morgan fingerprint density at radius 3 is 2.48 bits per heavy atom. The lowest BCUT2D eigenvalue weighted by Crippen LogP contribution is -2.69. The highest BCUT2D eigenvalue weighted by Gasteiger charge is 2.83. The van der Waals surface area contributed by atoms with Gasteiger partial charge in [-0.05, 0) is 19.8 Å². The minimum absolute atomic E-state index is 0.0105. The van der Waals surface area contributed by atoms with Crippen LogP contribution in [0.1, 0.15) is 47.0 Å². The molecule has 0 aromatic heterocycles. The van der Waals surface area contributed by atoms with Crippen LogP contribution in [-0.4, -0.2) is 45.6 Å². The maximum absolute atomic E-state index is 11.7. The molecule has 0 N–H and O–H groups in total. The molecule has 2 saturated heterocycles. The number of alkyl halides is 2. The van der Waals surface area contributed by atoms with Crippen LogP contribution in [0.25, 0.3) is 0 Å². The molecule has 0 unspecified atom stereocenters. The van der Waals surface area contributed by atoms with Crippen LogP contribution in [-0.2, 0) is 19.0 Å². The van der Waals surface area contributed by atoms with Crippen molar-refractivity contribution in [3.05, 3.63) is 0 Å². The van der Waals surface area contributed by atoms with Crippen molar-refractivity contribution in [3.63, 3.8) is 0 Å². The summed E-state index contributed by atoms with van der Waals surface area (Å²) in [6.07, 6.45) is 2.75. The average Bonchev–Trinajstić information content (AvgIpc) is 3.22. The number of hydrogen-bond donors (Lipinski definition) is 0. The third kappa shape index (κ3) is 1.87. The average molecular weight is 452 g/mol. The molecule has 4 nitrogen and oxygen atoms in total. The standard InChI is InChI=1S/C17H24Br2O4/c1-9(20)22-10-7-11-17(8-21-17)16(10,4)14(2)5-6-15(3,19)12(18)13(14)23-11/h10-13H,5-8H2,1-4H3/t10-,11-,12-,13-,14+,15-,16-,17+/m1/s1. The summed E-state index contributed by atoms with van der Waals surface area (Å²) in [6, 6.07) is 0. The fourth-order valence-electron chi connectivity index (χ4n) is 5.55. The SMILES string of the molecule is CC(=O)O[C@@H]1C[C@H]2O[C@@H]3[C@@H](Br)[C@](C)(Br)CC[C@]3(C)[C@]1(C)[C@]21CO1. The lowest BCUT2D eigenvalue weighted by atomic mass is 9.50. The number of epoxide rings is 1. The van der Waals surface area contributed by atoms with Crippen LogP contribution in [0.3, 0.4) is 0 Å². The molecule has 2 saturated carbocycles. The van der Waals surface area contributed by atoms with Crippen LogP contribution < -0.4 is 0 Å². The van der Waals surface area contributed by atoms with Crippen LogP contribution >= 0.6 is 31.9 Å². The predicted molar refractivity (Wildman–Crippen MR) is 93.0 cm³/mol. The van der Waals surface area contributed by atoms with Gasteiger partial charge in [0.25, 0.3) is 0 Å². The molecule has 4 rings (SSSR count). The van der Waals surface area contributed by atoms with Crippen molar-refractivity contribution < 1.29 is 19.0 Å². The maximum Gasteiger partial charge on any atom is 0.302 e. The lowest BCUT2D eigenvalue weighted by Gasteiger charge is -2.61. The molecule has 0 radical (unpaired) electrons. The fourth-order valence-corrected chi connectivity index (χ4v) is 6.92. The van der Waals surface area contributed by atoms with Crippen molar-refractivity contribution in [1.82, 2.24) is 0 Å². The summed E-state index contributed by atoms with van der Waals surface area (Å²) in [6.45, 7) is 9.00. The highest BCUT2D eigenvalue weighted by atomic mass is 79.9. The Labute approximate surface area is 154 Å². The maximum atomic E-state index is 11.7. The molecule has 2 aliphatic carbocycles. The van der Waals surface area contributed by atoms with Crippen LogP contribution in [0.5, 0.6) is 0 Å². The zero-order chi connectivity index (χ0) is 16.8. The number of fused-ring (bicyclic) bond motifs is 2. The third-order valence-corrected chi connectivity index (χ3v) is 10.3. The molecule has 4 aliphatic rings. The van der Waals surface area contributed by atoms with Crippen molar-refractivity contribution in [2.45, 2.75) is 80.0 Å². The highest BCUT2D eigenvalue weighted by molar-refractivity contribution is 9.12. The normalized spacial score (nSPS) is 60.4. The minimum atomic E-state index is -0.273. The van der Waals surface area contributed by atoms with Crippen LogP contribution in [0.2, 0.25) is 0 Å². The number of carbonyl (C=O) groups excluding carboxylic acids is 1. The van der Waals surface area contributed by atoms with E-state index in [9.17, 15) is 4.79 Å². The molecule has 23 heavy (non-hydrogen) atoms. The first-order valence-corrected chi connectivity index (χ1v) is 10.1. The molecule has 2 heterocycles. The Morgan fingerprint density at radius 1 is 1.26 bits per heavy atom. The lowest BCUT2D eigenvalue weighted by molar-refractivity contribution is -0.230. The van der Waals surface area contributed by atoms with Gasteiger partial charge in [0.1, 0.15) is 11.7 Å². The van der Waals surface area contributed by atoms with Crippen molar-refractivity contribution in [2.75, 3.05) is 6.61 Å². The van der Waals surface area contributed by atoms with E-state index < -0.39 is 0 Å². The van der Waals surface area contributed by atoms with Gasteiger partial charge in [0, 0.05) is 28.5 Å². The summed E-state index contributed by atoms with van der Waals surface area (Å²) < 4.78 is 18.4. The second kappa shape index (κ2) is 4.74. The van der Waals surface area contributed by atoms with E-state index in [1.807, 2.05) is 0 Å². The van der Waals surface area contributed by atoms with Gasteiger partial charge in [-0.2, -0.15) is 0 Å². The molecule has 4 fully saturated rings. The first-order chi connectivity index (χ1) is 10.6. The Hall–Kier alpha value is 0.350. The quantitative estimate of drug-likeness (QED) is 0.347. The molecule has 130 valence electrons. The van der Waals surface area contributed by atoms with Crippen molar-refractivity contribution in [2.24, 2.45) is 10.8 Å². The second-order valence-corrected chi connectivity index (χ2v) is 11.2. The Morgan fingerprint density at radius 2 is 1.91 bits per heavy atom. The molecular formula is C17H24Br2O4. The summed E-state index contributed by atoms with van der Waals surface area (Å²) in [4.78, 5) is 11.9. The number of halogens is 2. The van der Waals surface area contributed by atoms with E-state index in [1.165, 1.54) is 6.92 Å². The van der Waals surface area contributed by atoms with Gasteiger partial charge in [0.2, 0.25) is 0 Å². The number of esters is 1. The molecule has 6 heteroatoms. The number of ether oxygens (including phenoxy) is 3. The van der Waals surface area contributed by atoms with E-state index in [2.05, 4.69) is 52.6 Å². The number of carbonyl (C=O) groups is 1. The topological polar surface area (TPSA) is 48.1 Å². The molecule has 0 aromatic rings. The summed E-state index contributed by atoms with van der Waals surface area (Å²) in [5, 5.41) is 0. The summed E-state index contributed by atoms with van der Waals surface area (Å²) in [5.74, 6) is -0.212. The van der Waals surface area contributed by atoms with Crippen LogP contribution in [0.15, 0.2) is 0 Å². The fraction of sp³-hybridized carbons (Fsp3) is 0.941. The van der Waals surface area contributed by atoms with Gasteiger partial charge in [-0.1, -0.05) is 45.7 Å². The first kappa shape index (κ1) is 16.8. The van der Waals surface area contributed by atoms with Gasteiger partial charge >= 0.3 is 5.97 Å². The molecule has 2 bridgehead atoms. The molecular weight excluding hydrogens is 428 g/mol. The molecule has 0 aromatic carbocycles. The van der Waals surface area contributed by atoms with E-state index in [0.29, 0.717) is 6.61 Å². The largest absolute Gasteiger partial charge is 0.462 e. The van der Waals surface area contributed by atoms with Gasteiger partial charge in [-0.25, -0.2) is 0 Å². The van der Waals surface area contributed by atoms with E-state index in [0.717, 1.165) is 19.3 Å². The monoisotopic (exact) mass is 450 g/mol. The zero-order valence-electron chi connectivity index (χ0n) is 14.0. The summed E-state index contributed by atoms with van der Waals surface area (Å²) >= 11 is 7.78. The summed E-state index contributed by atoms with van der Waals surface area (Å²) in [5.41, 5.74) is -0.585. The van der Waals surface area contributed by atoms with Gasteiger partial charge in [0.15, 0.2) is 0 Å². The van der Waals surface area contributed by atoms with Crippen molar-refractivity contribution in [1.29, 1.82) is 0 Å². The summed E-state index contributed by atoms with van der Waals surface area (Å²) in [7, 11) is 0. The second-order valence-electron chi connectivity index (χ2n) is 8.36. The van der Waals surface area contributed by atoms with Gasteiger partial charge in [-0.3, -0.25) is 4.79 Å². The highest BCUT2D eigenvalue weighted by Crippen LogP contribution is 2.73. The van der Waals surface area contributed by atoms with Crippen molar-refractivity contribution >= 4 is 37.8 Å². The number of hydrogen-bond acceptors (Lipinski definition) is 4. The van der Waals surface area contributed by atoms with Gasteiger partial charge in [-0.15, -0.1) is 0 Å². The van der Waals surface area contributed by atoms with Crippen LogP contribution in [0.4, 0.5) is 0 Å². The van der Waals surface area contributed by atoms with Gasteiger partial charge < -0.3 is 14.2 Å². The van der Waals surface area contributed by atoms with Gasteiger partial charge in [0.05, 0.1) is 23.6 Å². The van der Waals surface area contributed by atoms with Crippen LogP contribution in [0, 0.1) is 10.8 Å².